The van der Waals surface area contributed by atoms with E-state index in [2.05, 4.69) is 27.4 Å². The van der Waals surface area contributed by atoms with Gasteiger partial charge in [-0.1, -0.05) is 11.8 Å². The van der Waals surface area contributed by atoms with E-state index in [0.29, 0.717) is 6.04 Å². The summed E-state index contributed by atoms with van der Waals surface area (Å²) < 4.78 is 1.93. The van der Waals surface area contributed by atoms with Gasteiger partial charge in [0.2, 0.25) is 0 Å². The Morgan fingerprint density at radius 3 is 3.25 bits per heavy atom. The lowest BCUT2D eigenvalue weighted by atomic mass is 10.3. The van der Waals surface area contributed by atoms with E-state index in [1.807, 2.05) is 11.6 Å². The summed E-state index contributed by atoms with van der Waals surface area (Å²) in [6.07, 6.45) is 3.78. The standard InChI is InChI=1S/C10H17N5S/c1-8-4-6-16-10(13-8)11-5-3-9-14-12-7-15(9)2/h7-8H,3-6H2,1-2H3,(H,11,13). The minimum atomic E-state index is 0.551. The normalized spacial score (nSPS) is 23.4. The molecular formula is C10H17N5S. The second-order valence-corrected chi connectivity index (χ2v) is 5.06. The van der Waals surface area contributed by atoms with Crippen molar-refractivity contribution in [2.45, 2.75) is 25.8 Å². The van der Waals surface area contributed by atoms with Gasteiger partial charge in [-0.25, -0.2) is 0 Å². The summed E-state index contributed by atoms with van der Waals surface area (Å²) in [5.41, 5.74) is 0. The molecule has 1 aliphatic heterocycles. The van der Waals surface area contributed by atoms with Crippen LogP contribution in [-0.4, -0.2) is 38.3 Å². The van der Waals surface area contributed by atoms with Crippen LogP contribution in [0.3, 0.4) is 0 Å². The molecule has 1 fully saturated rings. The van der Waals surface area contributed by atoms with Crippen LogP contribution in [0.4, 0.5) is 0 Å². The van der Waals surface area contributed by atoms with Crippen molar-refractivity contribution in [2.75, 3.05) is 12.3 Å². The molecule has 1 aliphatic rings. The van der Waals surface area contributed by atoms with Crippen molar-refractivity contribution >= 4 is 16.9 Å². The van der Waals surface area contributed by atoms with Crippen LogP contribution >= 0.6 is 11.8 Å². The van der Waals surface area contributed by atoms with Crippen molar-refractivity contribution in [1.82, 2.24) is 20.1 Å². The van der Waals surface area contributed by atoms with Crippen LogP contribution in [-0.2, 0) is 13.5 Å². The number of hydrogen-bond acceptors (Lipinski definition) is 4. The van der Waals surface area contributed by atoms with Gasteiger partial charge in [0.25, 0.3) is 0 Å². The molecule has 0 bridgehead atoms. The molecule has 2 rings (SSSR count). The van der Waals surface area contributed by atoms with Crippen LogP contribution in [0.2, 0.25) is 0 Å². The molecule has 5 nitrogen and oxygen atoms in total. The lowest BCUT2D eigenvalue weighted by Crippen LogP contribution is -2.35. The highest BCUT2D eigenvalue weighted by molar-refractivity contribution is 8.13. The highest BCUT2D eigenvalue weighted by atomic mass is 32.2. The summed E-state index contributed by atoms with van der Waals surface area (Å²) in [6, 6.07) is 0.551. The maximum atomic E-state index is 4.54. The molecule has 1 atom stereocenters. The Morgan fingerprint density at radius 1 is 1.69 bits per heavy atom. The quantitative estimate of drug-likeness (QED) is 0.849. The molecule has 0 amide bonds. The first-order valence-electron chi connectivity index (χ1n) is 5.52. The number of thioether (sulfide) groups is 1. The zero-order valence-electron chi connectivity index (χ0n) is 9.68. The summed E-state index contributed by atoms with van der Waals surface area (Å²) >= 11 is 1.80. The van der Waals surface area contributed by atoms with Crippen LogP contribution in [0.1, 0.15) is 19.2 Å². The Kier molecular flexibility index (Phi) is 3.82. The van der Waals surface area contributed by atoms with Crippen LogP contribution in [0, 0.1) is 0 Å². The van der Waals surface area contributed by atoms with E-state index >= 15 is 0 Å². The zero-order chi connectivity index (χ0) is 11.4. The van der Waals surface area contributed by atoms with Crippen molar-refractivity contribution < 1.29 is 0 Å². The highest BCUT2D eigenvalue weighted by Crippen LogP contribution is 2.13. The Bertz CT molecular complexity index is 373. The minimum absolute atomic E-state index is 0.551. The van der Waals surface area contributed by atoms with Gasteiger partial charge in [0, 0.05) is 31.8 Å². The third-order valence-electron chi connectivity index (χ3n) is 2.56. The highest BCUT2D eigenvalue weighted by Gasteiger charge is 2.12. The molecule has 0 saturated carbocycles. The number of hydrogen-bond donors (Lipinski definition) is 1. The number of aryl methyl sites for hydroxylation is 1. The fourth-order valence-corrected chi connectivity index (χ4v) is 2.67. The number of nitrogens with zero attached hydrogens (tertiary/aromatic N) is 4. The number of rotatable bonds is 3. The Labute approximate surface area is 99.7 Å². The molecule has 0 aliphatic carbocycles. The van der Waals surface area contributed by atoms with Gasteiger partial charge in [-0.15, -0.1) is 10.2 Å². The van der Waals surface area contributed by atoms with E-state index < -0.39 is 0 Å². The Morgan fingerprint density at radius 2 is 2.56 bits per heavy atom. The van der Waals surface area contributed by atoms with E-state index in [0.717, 1.165) is 29.7 Å². The molecule has 88 valence electrons. The van der Waals surface area contributed by atoms with Gasteiger partial charge >= 0.3 is 0 Å². The summed E-state index contributed by atoms with van der Waals surface area (Å²) in [5, 5.41) is 12.3. The largest absolute Gasteiger partial charge is 0.362 e. The summed E-state index contributed by atoms with van der Waals surface area (Å²) in [6.45, 7) is 2.96. The second-order valence-electron chi connectivity index (χ2n) is 3.98. The average molecular weight is 239 g/mol. The number of aromatic nitrogens is 3. The lowest BCUT2D eigenvalue weighted by Gasteiger charge is -2.21. The van der Waals surface area contributed by atoms with Crippen molar-refractivity contribution in [3.8, 4) is 0 Å². The van der Waals surface area contributed by atoms with Crippen LogP contribution < -0.4 is 5.32 Å². The number of nitrogens with one attached hydrogen (secondary N) is 1. The third kappa shape index (κ3) is 2.98. The van der Waals surface area contributed by atoms with Crippen molar-refractivity contribution in [3.63, 3.8) is 0 Å². The molecule has 6 heteroatoms. The molecule has 1 unspecified atom stereocenters. The molecule has 0 spiro atoms. The lowest BCUT2D eigenvalue weighted by molar-refractivity contribution is 0.641. The van der Waals surface area contributed by atoms with Gasteiger partial charge in [0.1, 0.15) is 12.2 Å². The Hall–Kier alpha value is -1.04. The fraction of sp³-hybridized carbons (Fsp3) is 0.700. The summed E-state index contributed by atoms with van der Waals surface area (Å²) in [4.78, 5) is 4.54. The van der Waals surface area contributed by atoms with Crippen LogP contribution in [0.25, 0.3) is 0 Å². The van der Waals surface area contributed by atoms with Crippen molar-refractivity contribution in [1.29, 1.82) is 0 Å². The van der Waals surface area contributed by atoms with E-state index in [1.54, 1.807) is 18.1 Å². The van der Waals surface area contributed by atoms with E-state index in [9.17, 15) is 0 Å². The predicted molar refractivity (Wildman–Crippen MR) is 66.7 cm³/mol. The van der Waals surface area contributed by atoms with Gasteiger partial charge in [-0.2, -0.15) is 0 Å². The first kappa shape index (κ1) is 11.4. The summed E-state index contributed by atoms with van der Waals surface area (Å²) in [7, 11) is 1.96. The van der Waals surface area contributed by atoms with Gasteiger partial charge in [-0.3, -0.25) is 4.99 Å². The van der Waals surface area contributed by atoms with E-state index in [-0.39, 0.29) is 0 Å². The fourth-order valence-electron chi connectivity index (χ4n) is 1.54. The molecule has 1 aromatic rings. The van der Waals surface area contributed by atoms with E-state index in [1.165, 1.54) is 6.42 Å². The number of amidine groups is 1. The third-order valence-corrected chi connectivity index (χ3v) is 3.52. The maximum absolute atomic E-state index is 4.54. The Balaban J connectivity index is 1.82. The van der Waals surface area contributed by atoms with E-state index in [4.69, 9.17) is 0 Å². The van der Waals surface area contributed by atoms with Gasteiger partial charge < -0.3 is 9.88 Å². The molecular weight excluding hydrogens is 222 g/mol. The topological polar surface area (TPSA) is 55.1 Å². The molecule has 2 heterocycles. The van der Waals surface area contributed by atoms with Gasteiger partial charge in [-0.05, 0) is 13.3 Å². The van der Waals surface area contributed by atoms with Gasteiger partial charge in [0.15, 0.2) is 5.17 Å². The second kappa shape index (κ2) is 5.34. The zero-order valence-corrected chi connectivity index (χ0v) is 10.5. The van der Waals surface area contributed by atoms with Gasteiger partial charge in [0.05, 0.1) is 0 Å². The van der Waals surface area contributed by atoms with Crippen molar-refractivity contribution in [2.24, 2.45) is 12.0 Å². The number of aliphatic imine (C=N–C) groups is 1. The molecule has 1 saturated heterocycles. The summed E-state index contributed by atoms with van der Waals surface area (Å²) in [5.74, 6) is 2.15. The monoisotopic (exact) mass is 239 g/mol. The predicted octanol–water partition coefficient (Wildman–Crippen LogP) is 0.829. The molecule has 1 N–H and O–H groups in total. The van der Waals surface area contributed by atoms with Crippen molar-refractivity contribution in [3.05, 3.63) is 12.2 Å². The molecule has 1 aromatic heterocycles. The first-order valence-corrected chi connectivity index (χ1v) is 6.51. The van der Waals surface area contributed by atoms with Crippen LogP contribution in [0.15, 0.2) is 11.3 Å². The van der Waals surface area contributed by atoms with Crippen LogP contribution in [0.5, 0.6) is 0 Å². The SMILES string of the molecule is CC1CCSC(=NCCc2nncn2C)N1. The smallest absolute Gasteiger partial charge is 0.156 e. The molecule has 16 heavy (non-hydrogen) atoms. The minimum Gasteiger partial charge on any atom is -0.362 e. The first-order chi connectivity index (χ1) is 7.75. The average Bonchev–Trinajstić information content (AvgIpc) is 2.65. The molecule has 0 radical (unpaired) electrons. The molecule has 0 aromatic carbocycles. The maximum Gasteiger partial charge on any atom is 0.156 e.